The number of aryl methyl sites for hydroxylation is 1. The van der Waals surface area contributed by atoms with E-state index in [2.05, 4.69) is 15.3 Å². The molecule has 0 aliphatic heterocycles. The molecular formula is C12H13FN4. The predicted molar refractivity (Wildman–Crippen MR) is 64.3 cm³/mol. The zero-order valence-electron chi connectivity index (χ0n) is 9.44. The number of hydrogen-bond acceptors (Lipinski definition) is 4. The Kier molecular flexibility index (Phi) is 3.30. The second-order valence-electron chi connectivity index (χ2n) is 3.65. The van der Waals surface area contributed by atoms with E-state index in [0.29, 0.717) is 22.9 Å². The van der Waals surface area contributed by atoms with Crippen LogP contribution >= 0.6 is 0 Å². The van der Waals surface area contributed by atoms with Crippen LogP contribution in [0.1, 0.15) is 11.4 Å². The molecule has 1 heterocycles. The lowest BCUT2D eigenvalue weighted by Crippen LogP contribution is -2.04. The van der Waals surface area contributed by atoms with Crippen molar-refractivity contribution in [3.05, 3.63) is 47.7 Å². The van der Waals surface area contributed by atoms with Crippen LogP contribution in [-0.2, 0) is 6.54 Å². The van der Waals surface area contributed by atoms with Gasteiger partial charge in [-0.3, -0.25) is 0 Å². The van der Waals surface area contributed by atoms with Gasteiger partial charge in [0, 0.05) is 11.9 Å². The van der Waals surface area contributed by atoms with Crippen LogP contribution < -0.4 is 11.1 Å². The fraction of sp³-hybridized carbons (Fsp3) is 0.167. The molecule has 1 aromatic carbocycles. The molecule has 88 valence electrons. The van der Waals surface area contributed by atoms with Gasteiger partial charge >= 0.3 is 0 Å². The highest BCUT2D eigenvalue weighted by Crippen LogP contribution is 2.17. The van der Waals surface area contributed by atoms with Crippen molar-refractivity contribution in [3.8, 4) is 0 Å². The second kappa shape index (κ2) is 4.88. The van der Waals surface area contributed by atoms with Crippen LogP contribution in [0.5, 0.6) is 0 Å². The van der Waals surface area contributed by atoms with Gasteiger partial charge in [0.05, 0.1) is 6.54 Å². The summed E-state index contributed by atoms with van der Waals surface area (Å²) in [6.07, 6.45) is 1.61. The van der Waals surface area contributed by atoms with Crippen LogP contribution in [0.15, 0.2) is 30.5 Å². The molecule has 0 spiro atoms. The van der Waals surface area contributed by atoms with Crippen molar-refractivity contribution < 1.29 is 4.39 Å². The number of rotatable bonds is 3. The van der Waals surface area contributed by atoms with Gasteiger partial charge in [-0.25, -0.2) is 14.4 Å². The fourth-order valence-corrected chi connectivity index (χ4v) is 1.39. The van der Waals surface area contributed by atoms with Gasteiger partial charge in [0.2, 0.25) is 0 Å². The molecule has 2 rings (SSSR count). The van der Waals surface area contributed by atoms with Gasteiger partial charge in [-0.15, -0.1) is 0 Å². The lowest BCUT2D eigenvalue weighted by Gasteiger charge is -2.07. The van der Waals surface area contributed by atoms with E-state index in [1.54, 1.807) is 31.3 Å². The first-order chi connectivity index (χ1) is 8.19. The Morgan fingerprint density at radius 3 is 2.88 bits per heavy atom. The van der Waals surface area contributed by atoms with Crippen LogP contribution in [-0.4, -0.2) is 9.97 Å². The third-order valence-corrected chi connectivity index (χ3v) is 2.33. The molecule has 0 aliphatic carbocycles. The minimum absolute atomic E-state index is 0.247. The highest BCUT2D eigenvalue weighted by atomic mass is 19.1. The van der Waals surface area contributed by atoms with Crippen molar-refractivity contribution >= 4 is 11.5 Å². The Bertz CT molecular complexity index is 528. The minimum Gasteiger partial charge on any atom is -0.340 e. The summed E-state index contributed by atoms with van der Waals surface area (Å²) in [6.45, 7) is 1.99. The third-order valence-electron chi connectivity index (χ3n) is 2.33. The zero-order valence-corrected chi connectivity index (χ0v) is 9.44. The first-order valence-corrected chi connectivity index (χ1v) is 5.24. The van der Waals surface area contributed by atoms with E-state index in [4.69, 9.17) is 5.73 Å². The van der Waals surface area contributed by atoms with Crippen LogP contribution in [0.4, 0.5) is 15.9 Å². The quantitative estimate of drug-likeness (QED) is 0.850. The molecule has 2 aromatic rings. The number of nitrogens with two attached hydrogens (primary N) is 1. The fourth-order valence-electron chi connectivity index (χ4n) is 1.39. The van der Waals surface area contributed by atoms with Gasteiger partial charge in [0.15, 0.2) is 0 Å². The second-order valence-corrected chi connectivity index (χ2v) is 3.65. The van der Waals surface area contributed by atoms with Gasteiger partial charge in [-0.2, -0.15) is 0 Å². The number of nitrogens with zero attached hydrogens (tertiary/aromatic N) is 2. The van der Waals surface area contributed by atoms with Crippen LogP contribution in [0, 0.1) is 12.7 Å². The normalized spacial score (nSPS) is 10.3. The summed E-state index contributed by atoms with van der Waals surface area (Å²) >= 11 is 0. The number of aromatic nitrogens is 2. The summed E-state index contributed by atoms with van der Waals surface area (Å²) in [6, 6.07) is 6.64. The van der Waals surface area contributed by atoms with Crippen molar-refractivity contribution in [3.63, 3.8) is 0 Å². The highest BCUT2D eigenvalue weighted by molar-refractivity contribution is 5.56. The monoisotopic (exact) mass is 232 g/mol. The van der Waals surface area contributed by atoms with E-state index < -0.39 is 0 Å². The van der Waals surface area contributed by atoms with Gasteiger partial charge < -0.3 is 11.1 Å². The van der Waals surface area contributed by atoms with Crippen molar-refractivity contribution in [2.24, 2.45) is 5.73 Å². The molecule has 4 nitrogen and oxygen atoms in total. The first kappa shape index (κ1) is 11.5. The molecule has 0 radical (unpaired) electrons. The molecule has 0 atom stereocenters. The lowest BCUT2D eigenvalue weighted by molar-refractivity contribution is 0.619. The van der Waals surface area contributed by atoms with Crippen molar-refractivity contribution in [2.45, 2.75) is 13.5 Å². The SMILES string of the molecule is Cc1ccc(Nc2ccnc(CN)n2)cc1F. The topological polar surface area (TPSA) is 63.8 Å². The summed E-state index contributed by atoms with van der Waals surface area (Å²) in [5, 5.41) is 3.00. The molecule has 1 aromatic heterocycles. The van der Waals surface area contributed by atoms with Crippen molar-refractivity contribution in [1.29, 1.82) is 0 Å². The van der Waals surface area contributed by atoms with E-state index in [1.165, 1.54) is 6.07 Å². The Morgan fingerprint density at radius 1 is 1.35 bits per heavy atom. The van der Waals surface area contributed by atoms with Gasteiger partial charge in [-0.1, -0.05) is 6.07 Å². The zero-order chi connectivity index (χ0) is 12.3. The van der Waals surface area contributed by atoms with E-state index in [-0.39, 0.29) is 12.4 Å². The Morgan fingerprint density at radius 2 is 2.18 bits per heavy atom. The molecule has 0 amide bonds. The molecule has 0 unspecified atom stereocenters. The first-order valence-electron chi connectivity index (χ1n) is 5.24. The minimum atomic E-state index is -0.247. The van der Waals surface area contributed by atoms with E-state index in [9.17, 15) is 4.39 Å². The molecule has 5 heteroatoms. The summed E-state index contributed by atoms with van der Waals surface area (Å²) in [5.41, 5.74) is 6.70. The predicted octanol–water partition coefficient (Wildman–Crippen LogP) is 2.13. The van der Waals surface area contributed by atoms with E-state index in [0.717, 1.165) is 0 Å². The summed E-state index contributed by atoms with van der Waals surface area (Å²) in [5.74, 6) is 0.898. The molecule has 0 saturated carbocycles. The van der Waals surface area contributed by atoms with Crippen molar-refractivity contribution in [1.82, 2.24) is 9.97 Å². The smallest absolute Gasteiger partial charge is 0.144 e. The van der Waals surface area contributed by atoms with Gasteiger partial charge in [0.1, 0.15) is 17.5 Å². The van der Waals surface area contributed by atoms with Gasteiger partial charge in [0.25, 0.3) is 0 Å². The van der Waals surface area contributed by atoms with Crippen LogP contribution in [0.25, 0.3) is 0 Å². The van der Waals surface area contributed by atoms with Crippen molar-refractivity contribution in [2.75, 3.05) is 5.32 Å². The number of benzene rings is 1. The Hall–Kier alpha value is -2.01. The van der Waals surface area contributed by atoms with Crippen LogP contribution in [0.3, 0.4) is 0 Å². The van der Waals surface area contributed by atoms with Crippen LogP contribution in [0.2, 0.25) is 0 Å². The Labute approximate surface area is 98.7 Å². The molecule has 0 aliphatic rings. The molecule has 3 N–H and O–H groups in total. The highest BCUT2D eigenvalue weighted by Gasteiger charge is 2.01. The maximum absolute atomic E-state index is 13.3. The largest absolute Gasteiger partial charge is 0.340 e. The summed E-state index contributed by atoms with van der Waals surface area (Å²) in [4.78, 5) is 8.15. The average molecular weight is 232 g/mol. The summed E-state index contributed by atoms with van der Waals surface area (Å²) in [7, 11) is 0. The number of hydrogen-bond donors (Lipinski definition) is 2. The maximum Gasteiger partial charge on any atom is 0.144 e. The molecular weight excluding hydrogens is 219 g/mol. The number of halogens is 1. The van der Waals surface area contributed by atoms with Gasteiger partial charge in [-0.05, 0) is 30.7 Å². The molecule has 0 bridgehead atoms. The summed E-state index contributed by atoms with van der Waals surface area (Å²) < 4.78 is 13.3. The average Bonchev–Trinajstić information content (AvgIpc) is 2.34. The van der Waals surface area contributed by atoms with E-state index >= 15 is 0 Å². The molecule has 17 heavy (non-hydrogen) atoms. The standard InChI is InChI=1S/C12H13FN4/c1-8-2-3-9(6-10(8)13)16-11-4-5-15-12(7-14)17-11/h2-6H,7,14H2,1H3,(H,15,16,17). The molecule has 0 saturated heterocycles. The van der Waals surface area contributed by atoms with E-state index in [1.807, 2.05) is 0 Å². The lowest BCUT2D eigenvalue weighted by atomic mass is 10.2. The number of nitrogens with one attached hydrogen (secondary N) is 1. The molecule has 0 fully saturated rings. The third kappa shape index (κ3) is 2.76. The number of anilines is 2. The Balaban J connectivity index is 2.22. The maximum atomic E-state index is 13.3.